The maximum atomic E-state index is 8.51. The molecule has 0 unspecified atom stereocenters. The van der Waals surface area contributed by atoms with Crippen molar-refractivity contribution in [1.29, 1.82) is 5.26 Å². The molecule has 88 valence electrons. The molecule has 0 atom stereocenters. The van der Waals surface area contributed by atoms with Gasteiger partial charge in [-0.25, -0.2) is 0 Å². The fraction of sp³-hybridized carbons (Fsp3) is 0.364. The van der Waals surface area contributed by atoms with E-state index in [0.29, 0.717) is 24.5 Å². The van der Waals surface area contributed by atoms with Gasteiger partial charge in [0, 0.05) is 12.1 Å². The maximum absolute atomic E-state index is 8.51. The van der Waals surface area contributed by atoms with Crippen LogP contribution in [0.5, 0.6) is 11.5 Å². The molecule has 0 aliphatic heterocycles. The largest absolute Gasteiger partial charge is 0.493 e. The van der Waals surface area contributed by atoms with E-state index < -0.39 is 0 Å². The first kappa shape index (κ1) is 11.2. The molecule has 0 saturated carbocycles. The van der Waals surface area contributed by atoms with Crippen LogP contribution in [-0.2, 0) is 6.54 Å². The van der Waals surface area contributed by atoms with Crippen LogP contribution in [0.1, 0.15) is 6.42 Å². The Morgan fingerprint density at radius 2 is 1.71 bits per heavy atom. The van der Waals surface area contributed by atoms with Gasteiger partial charge in [0.15, 0.2) is 11.5 Å². The minimum absolute atomic E-state index is 0.384. The summed E-state index contributed by atoms with van der Waals surface area (Å²) in [6.07, 6.45) is 0.384. The lowest BCUT2D eigenvalue weighted by Gasteiger charge is -2.05. The number of hydrogen-bond donors (Lipinski definition) is 0. The van der Waals surface area contributed by atoms with Crippen LogP contribution in [0.25, 0.3) is 11.0 Å². The van der Waals surface area contributed by atoms with E-state index in [9.17, 15) is 0 Å². The Balaban J connectivity index is 2.43. The van der Waals surface area contributed by atoms with Crippen molar-refractivity contribution in [2.24, 2.45) is 0 Å². The van der Waals surface area contributed by atoms with Gasteiger partial charge < -0.3 is 9.47 Å². The highest BCUT2D eigenvalue weighted by Crippen LogP contribution is 2.30. The predicted molar refractivity (Wildman–Crippen MR) is 60.9 cm³/mol. The summed E-state index contributed by atoms with van der Waals surface area (Å²) in [5.41, 5.74) is 1.45. The van der Waals surface area contributed by atoms with E-state index in [1.807, 2.05) is 0 Å². The van der Waals surface area contributed by atoms with Crippen molar-refractivity contribution in [1.82, 2.24) is 15.0 Å². The highest BCUT2D eigenvalue weighted by molar-refractivity contribution is 5.78. The van der Waals surface area contributed by atoms with Crippen LogP contribution < -0.4 is 9.47 Å². The predicted octanol–water partition coefficient (Wildman–Crippen LogP) is 1.36. The molecular weight excluding hydrogens is 220 g/mol. The molecule has 0 aliphatic carbocycles. The van der Waals surface area contributed by atoms with Crippen LogP contribution in [-0.4, -0.2) is 29.2 Å². The van der Waals surface area contributed by atoms with Crippen molar-refractivity contribution in [2.75, 3.05) is 14.2 Å². The van der Waals surface area contributed by atoms with Crippen molar-refractivity contribution in [3.05, 3.63) is 12.1 Å². The summed E-state index contributed by atoms with van der Waals surface area (Å²) in [5.74, 6) is 1.24. The molecule has 6 nitrogen and oxygen atoms in total. The van der Waals surface area contributed by atoms with E-state index >= 15 is 0 Å². The molecule has 0 aliphatic rings. The SMILES string of the molecule is COc1cc2nn(CCC#N)nc2cc1OC. The number of rotatable bonds is 4. The third-order valence-electron chi connectivity index (χ3n) is 2.35. The zero-order valence-corrected chi connectivity index (χ0v) is 9.67. The standard InChI is InChI=1S/C11H12N4O2/c1-16-10-6-8-9(7-11(10)17-2)14-15(13-8)5-3-4-12/h6-7H,3,5H2,1-2H3. The Kier molecular flexibility index (Phi) is 3.10. The molecule has 1 aromatic carbocycles. The second-order valence-electron chi connectivity index (χ2n) is 3.40. The van der Waals surface area contributed by atoms with Crippen LogP contribution in [0, 0.1) is 11.3 Å². The minimum atomic E-state index is 0.384. The smallest absolute Gasteiger partial charge is 0.163 e. The zero-order chi connectivity index (χ0) is 12.3. The van der Waals surface area contributed by atoms with E-state index in [1.165, 1.54) is 4.80 Å². The first-order chi connectivity index (χ1) is 8.28. The van der Waals surface area contributed by atoms with E-state index in [1.54, 1.807) is 26.4 Å². The lowest BCUT2D eigenvalue weighted by atomic mass is 10.3. The highest BCUT2D eigenvalue weighted by atomic mass is 16.5. The third-order valence-corrected chi connectivity index (χ3v) is 2.35. The Hall–Kier alpha value is -2.29. The molecule has 1 heterocycles. The van der Waals surface area contributed by atoms with Gasteiger partial charge in [-0.15, -0.1) is 0 Å². The molecule has 0 bridgehead atoms. The van der Waals surface area contributed by atoms with Crippen LogP contribution >= 0.6 is 0 Å². The number of hydrogen-bond acceptors (Lipinski definition) is 5. The number of methoxy groups -OCH3 is 2. The fourth-order valence-electron chi connectivity index (χ4n) is 1.54. The number of fused-ring (bicyclic) bond motifs is 1. The molecule has 2 rings (SSSR count). The number of aryl methyl sites for hydroxylation is 1. The summed E-state index contributed by atoms with van der Waals surface area (Å²) in [5, 5.41) is 17.0. The normalized spacial score (nSPS) is 10.2. The average Bonchev–Trinajstić information content (AvgIpc) is 2.76. The van der Waals surface area contributed by atoms with Crippen LogP contribution in [0.15, 0.2) is 12.1 Å². The van der Waals surface area contributed by atoms with E-state index in [-0.39, 0.29) is 0 Å². The second-order valence-corrected chi connectivity index (χ2v) is 3.40. The maximum Gasteiger partial charge on any atom is 0.163 e. The van der Waals surface area contributed by atoms with Gasteiger partial charge in [0.2, 0.25) is 0 Å². The molecule has 1 aromatic heterocycles. The Morgan fingerprint density at radius 3 is 2.12 bits per heavy atom. The molecule has 0 N–H and O–H groups in total. The number of aromatic nitrogens is 3. The molecule has 0 amide bonds. The summed E-state index contributed by atoms with van der Waals surface area (Å²) in [6, 6.07) is 5.59. The molecule has 6 heteroatoms. The van der Waals surface area contributed by atoms with Crippen LogP contribution in [0.3, 0.4) is 0 Å². The summed E-state index contributed by atoms with van der Waals surface area (Å²) in [6.45, 7) is 0.482. The van der Waals surface area contributed by atoms with Gasteiger partial charge in [0.1, 0.15) is 11.0 Å². The van der Waals surface area contributed by atoms with Crippen LogP contribution in [0.2, 0.25) is 0 Å². The molecular formula is C11H12N4O2. The number of benzene rings is 1. The summed E-state index contributed by atoms with van der Waals surface area (Å²) >= 11 is 0. The third kappa shape index (κ3) is 2.13. The summed E-state index contributed by atoms with van der Waals surface area (Å²) < 4.78 is 10.4. The van der Waals surface area contributed by atoms with Gasteiger partial charge >= 0.3 is 0 Å². The van der Waals surface area contributed by atoms with Gasteiger partial charge in [0.05, 0.1) is 33.3 Å². The first-order valence-corrected chi connectivity index (χ1v) is 5.12. The first-order valence-electron chi connectivity index (χ1n) is 5.12. The number of nitrogens with zero attached hydrogens (tertiary/aromatic N) is 4. The van der Waals surface area contributed by atoms with E-state index in [0.717, 1.165) is 11.0 Å². The molecule has 0 fully saturated rings. The number of nitriles is 1. The molecule has 0 radical (unpaired) electrons. The topological polar surface area (TPSA) is 73.0 Å². The van der Waals surface area contributed by atoms with E-state index in [4.69, 9.17) is 14.7 Å². The minimum Gasteiger partial charge on any atom is -0.493 e. The molecule has 0 spiro atoms. The van der Waals surface area contributed by atoms with Gasteiger partial charge in [-0.3, -0.25) is 0 Å². The van der Waals surface area contributed by atoms with Gasteiger partial charge in [-0.05, 0) is 0 Å². The highest BCUT2D eigenvalue weighted by Gasteiger charge is 2.10. The van der Waals surface area contributed by atoms with Crippen molar-refractivity contribution in [3.8, 4) is 17.6 Å². The fourth-order valence-corrected chi connectivity index (χ4v) is 1.54. The molecule has 17 heavy (non-hydrogen) atoms. The lowest BCUT2D eigenvalue weighted by molar-refractivity contribution is 0.356. The van der Waals surface area contributed by atoms with Gasteiger partial charge in [-0.2, -0.15) is 20.3 Å². The number of ether oxygens (including phenoxy) is 2. The molecule has 0 saturated heterocycles. The quantitative estimate of drug-likeness (QED) is 0.795. The van der Waals surface area contributed by atoms with Gasteiger partial charge in [-0.1, -0.05) is 0 Å². The van der Waals surface area contributed by atoms with Crippen molar-refractivity contribution < 1.29 is 9.47 Å². The Labute approximate surface area is 98.4 Å². The Morgan fingerprint density at radius 1 is 1.18 bits per heavy atom. The van der Waals surface area contributed by atoms with Crippen molar-refractivity contribution in [3.63, 3.8) is 0 Å². The summed E-state index contributed by atoms with van der Waals surface area (Å²) in [4.78, 5) is 1.51. The van der Waals surface area contributed by atoms with Crippen molar-refractivity contribution >= 4 is 11.0 Å². The van der Waals surface area contributed by atoms with Gasteiger partial charge in [0.25, 0.3) is 0 Å². The monoisotopic (exact) mass is 232 g/mol. The van der Waals surface area contributed by atoms with Crippen molar-refractivity contribution in [2.45, 2.75) is 13.0 Å². The average molecular weight is 232 g/mol. The Bertz CT molecular complexity index is 530. The lowest BCUT2D eigenvalue weighted by Crippen LogP contribution is -2.00. The second kappa shape index (κ2) is 4.70. The zero-order valence-electron chi connectivity index (χ0n) is 9.67. The molecule has 2 aromatic rings. The van der Waals surface area contributed by atoms with E-state index in [2.05, 4.69) is 16.3 Å². The van der Waals surface area contributed by atoms with Crippen LogP contribution in [0.4, 0.5) is 0 Å². The summed E-state index contributed by atoms with van der Waals surface area (Å²) in [7, 11) is 3.15.